The van der Waals surface area contributed by atoms with E-state index >= 15 is 0 Å². The molecular formula is C10H17N3OS. The molecule has 0 aliphatic rings. The van der Waals surface area contributed by atoms with Crippen molar-refractivity contribution in [1.82, 2.24) is 15.2 Å². The summed E-state index contributed by atoms with van der Waals surface area (Å²) < 4.78 is 0. The molecule has 4 nitrogen and oxygen atoms in total. The summed E-state index contributed by atoms with van der Waals surface area (Å²) in [5.41, 5.74) is 1.04. The molecular weight excluding hydrogens is 210 g/mol. The Bertz CT molecular complexity index is 324. The number of amides is 1. The van der Waals surface area contributed by atoms with Crippen LogP contribution in [0.2, 0.25) is 0 Å². The fourth-order valence-electron chi connectivity index (χ4n) is 1.24. The zero-order valence-electron chi connectivity index (χ0n) is 9.41. The third kappa shape index (κ3) is 3.97. The zero-order chi connectivity index (χ0) is 11.3. The molecule has 1 rings (SSSR count). The Balaban J connectivity index is 2.43. The Hall–Kier alpha value is -0.940. The lowest BCUT2D eigenvalue weighted by molar-refractivity contribution is -0.121. The predicted octanol–water partition coefficient (Wildman–Crippen LogP) is 0.883. The third-order valence-electron chi connectivity index (χ3n) is 2.03. The highest BCUT2D eigenvalue weighted by atomic mass is 32.1. The lowest BCUT2D eigenvalue weighted by atomic mass is 10.4. The van der Waals surface area contributed by atoms with Crippen LogP contribution in [0.3, 0.4) is 0 Å². The van der Waals surface area contributed by atoms with Crippen molar-refractivity contribution in [3.8, 4) is 0 Å². The molecule has 0 saturated heterocycles. The molecule has 0 aliphatic carbocycles. The van der Waals surface area contributed by atoms with Crippen LogP contribution in [0.4, 0.5) is 0 Å². The van der Waals surface area contributed by atoms with E-state index in [-0.39, 0.29) is 5.91 Å². The van der Waals surface area contributed by atoms with Crippen LogP contribution in [-0.2, 0) is 17.8 Å². The first kappa shape index (κ1) is 12.1. The molecule has 0 saturated carbocycles. The number of carbonyl (C=O) groups excluding carboxylic acids is 1. The quantitative estimate of drug-likeness (QED) is 0.812. The van der Waals surface area contributed by atoms with Crippen LogP contribution in [0, 0.1) is 0 Å². The summed E-state index contributed by atoms with van der Waals surface area (Å²) in [7, 11) is 3.56. The molecule has 0 spiro atoms. The second kappa shape index (κ2) is 5.82. The molecule has 0 bridgehead atoms. The molecule has 0 unspecified atom stereocenters. The van der Waals surface area contributed by atoms with Crippen molar-refractivity contribution in [3.05, 3.63) is 16.1 Å². The molecule has 1 aromatic rings. The molecule has 0 fully saturated rings. The number of nitrogens with zero attached hydrogens (tertiary/aromatic N) is 2. The van der Waals surface area contributed by atoms with E-state index in [1.807, 2.05) is 11.9 Å². The lowest BCUT2D eigenvalue weighted by Gasteiger charge is -2.13. The molecule has 0 atom stereocenters. The highest BCUT2D eigenvalue weighted by Crippen LogP contribution is 2.11. The Morgan fingerprint density at radius 2 is 2.40 bits per heavy atom. The fourth-order valence-corrected chi connectivity index (χ4v) is 1.98. The minimum atomic E-state index is 0.0310. The zero-order valence-corrected chi connectivity index (χ0v) is 10.2. The van der Waals surface area contributed by atoms with E-state index in [0.717, 1.165) is 23.7 Å². The molecule has 15 heavy (non-hydrogen) atoms. The Morgan fingerprint density at radius 1 is 1.67 bits per heavy atom. The maximum atomic E-state index is 11.1. The average Bonchev–Trinajstić information content (AvgIpc) is 2.65. The number of carbonyl (C=O) groups is 1. The number of likely N-dealkylation sites (N-methyl/N-ethyl adjacent to an activating group) is 2. The molecule has 5 heteroatoms. The van der Waals surface area contributed by atoms with Crippen LogP contribution < -0.4 is 5.32 Å². The van der Waals surface area contributed by atoms with E-state index in [0.29, 0.717) is 6.54 Å². The summed E-state index contributed by atoms with van der Waals surface area (Å²) in [4.78, 5) is 17.5. The van der Waals surface area contributed by atoms with E-state index in [1.165, 1.54) is 0 Å². The van der Waals surface area contributed by atoms with Crippen molar-refractivity contribution in [2.75, 3.05) is 20.6 Å². The van der Waals surface area contributed by atoms with Gasteiger partial charge in [-0.3, -0.25) is 9.69 Å². The monoisotopic (exact) mass is 227 g/mol. The first-order valence-electron chi connectivity index (χ1n) is 4.98. The Labute approximate surface area is 94.3 Å². The van der Waals surface area contributed by atoms with Gasteiger partial charge in [-0.15, -0.1) is 11.3 Å². The van der Waals surface area contributed by atoms with Gasteiger partial charge in [0.25, 0.3) is 0 Å². The summed E-state index contributed by atoms with van der Waals surface area (Å²) in [6.45, 7) is 3.23. The first-order chi connectivity index (χ1) is 7.15. The van der Waals surface area contributed by atoms with Gasteiger partial charge in [0.05, 0.1) is 17.2 Å². The lowest BCUT2D eigenvalue weighted by Crippen LogP contribution is -2.32. The van der Waals surface area contributed by atoms with Crippen LogP contribution in [-0.4, -0.2) is 36.4 Å². The summed E-state index contributed by atoms with van der Waals surface area (Å²) in [6, 6.07) is 0. The van der Waals surface area contributed by atoms with E-state index < -0.39 is 0 Å². The van der Waals surface area contributed by atoms with Crippen molar-refractivity contribution in [2.45, 2.75) is 19.9 Å². The van der Waals surface area contributed by atoms with Crippen LogP contribution in [0.25, 0.3) is 0 Å². The van der Waals surface area contributed by atoms with Gasteiger partial charge in [-0.05, 0) is 13.5 Å². The molecule has 0 radical (unpaired) electrons. The van der Waals surface area contributed by atoms with Crippen molar-refractivity contribution in [1.29, 1.82) is 0 Å². The minimum Gasteiger partial charge on any atom is -0.358 e. The van der Waals surface area contributed by atoms with Crippen LogP contribution in [0.15, 0.2) is 5.38 Å². The summed E-state index contributed by atoms with van der Waals surface area (Å²) >= 11 is 1.68. The fraction of sp³-hybridized carbons (Fsp3) is 0.600. The van der Waals surface area contributed by atoms with Gasteiger partial charge < -0.3 is 5.32 Å². The minimum absolute atomic E-state index is 0.0310. The topological polar surface area (TPSA) is 45.2 Å². The molecule has 0 aromatic carbocycles. The molecule has 1 heterocycles. The van der Waals surface area contributed by atoms with Crippen molar-refractivity contribution in [3.63, 3.8) is 0 Å². The van der Waals surface area contributed by atoms with E-state index in [2.05, 4.69) is 22.6 Å². The van der Waals surface area contributed by atoms with E-state index in [4.69, 9.17) is 0 Å². The molecule has 1 aromatic heterocycles. The highest BCUT2D eigenvalue weighted by molar-refractivity contribution is 7.09. The highest BCUT2D eigenvalue weighted by Gasteiger charge is 2.07. The molecule has 84 valence electrons. The molecule has 1 N–H and O–H groups in total. The normalized spacial score (nSPS) is 10.7. The average molecular weight is 227 g/mol. The largest absolute Gasteiger partial charge is 0.358 e. The smallest absolute Gasteiger partial charge is 0.233 e. The molecule has 0 aliphatic heterocycles. The number of nitrogens with one attached hydrogen (secondary N) is 1. The van der Waals surface area contributed by atoms with E-state index in [1.54, 1.807) is 18.4 Å². The number of thiazole rings is 1. The SMILES string of the molecule is CCc1nc(CN(C)CC(=O)NC)cs1. The number of aromatic nitrogens is 1. The predicted molar refractivity (Wildman–Crippen MR) is 61.9 cm³/mol. The number of hydrogen-bond donors (Lipinski definition) is 1. The molecule has 1 amide bonds. The van der Waals surface area contributed by atoms with Gasteiger partial charge in [-0.2, -0.15) is 0 Å². The van der Waals surface area contributed by atoms with Gasteiger partial charge in [0.15, 0.2) is 0 Å². The first-order valence-corrected chi connectivity index (χ1v) is 5.86. The summed E-state index contributed by atoms with van der Waals surface area (Å²) in [5, 5.41) is 5.81. The third-order valence-corrected chi connectivity index (χ3v) is 3.07. The Kier molecular flexibility index (Phi) is 4.71. The maximum absolute atomic E-state index is 11.1. The van der Waals surface area contributed by atoms with E-state index in [9.17, 15) is 4.79 Å². The van der Waals surface area contributed by atoms with Crippen molar-refractivity contribution < 1.29 is 4.79 Å². The van der Waals surface area contributed by atoms with Crippen molar-refractivity contribution in [2.24, 2.45) is 0 Å². The van der Waals surface area contributed by atoms with Gasteiger partial charge >= 0.3 is 0 Å². The van der Waals surface area contributed by atoms with Gasteiger partial charge in [-0.25, -0.2) is 4.98 Å². The second-order valence-corrected chi connectivity index (χ2v) is 4.37. The van der Waals surface area contributed by atoms with Gasteiger partial charge in [0, 0.05) is 19.0 Å². The summed E-state index contributed by atoms with van der Waals surface area (Å²) in [5.74, 6) is 0.0310. The van der Waals surface area contributed by atoms with Gasteiger partial charge in [0.1, 0.15) is 0 Å². The van der Waals surface area contributed by atoms with Crippen LogP contribution in [0.1, 0.15) is 17.6 Å². The summed E-state index contributed by atoms with van der Waals surface area (Å²) in [6.07, 6.45) is 0.976. The van der Waals surface area contributed by atoms with Crippen LogP contribution in [0.5, 0.6) is 0 Å². The number of aryl methyl sites for hydroxylation is 1. The number of hydrogen-bond acceptors (Lipinski definition) is 4. The maximum Gasteiger partial charge on any atom is 0.233 e. The van der Waals surface area contributed by atoms with Crippen molar-refractivity contribution >= 4 is 17.2 Å². The van der Waals surface area contributed by atoms with Gasteiger partial charge in [0.2, 0.25) is 5.91 Å². The number of rotatable bonds is 5. The van der Waals surface area contributed by atoms with Crippen LogP contribution >= 0.6 is 11.3 Å². The van der Waals surface area contributed by atoms with Gasteiger partial charge in [-0.1, -0.05) is 6.92 Å². The standard InChI is InChI=1S/C10H17N3OS/c1-4-10-12-8(7-15-10)5-13(3)6-9(14)11-2/h7H,4-6H2,1-3H3,(H,11,14). The Morgan fingerprint density at radius 3 is 2.93 bits per heavy atom. The second-order valence-electron chi connectivity index (χ2n) is 3.43.